The molecule has 3 rings (SSSR count). The molecule has 1 unspecified atom stereocenters. The molecule has 1 aliphatic rings. The first kappa shape index (κ1) is 14.2. The number of hydrogen-bond acceptors (Lipinski definition) is 4. The van der Waals surface area contributed by atoms with Crippen LogP contribution in [-0.4, -0.2) is 22.6 Å². The molecule has 0 spiro atoms. The van der Waals surface area contributed by atoms with Crippen LogP contribution < -0.4 is 5.32 Å². The summed E-state index contributed by atoms with van der Waals surface area (Å²) < 4.78 is 2.13. The lowest BCUT2D eigenvalue weighted by Gasteiger charge is -2.16. The van der Waals surface area contributed by atoms with E-state index < -0.39 is 0 Å². The molecule has 0 aromatic carbocycles. The molecule has 0 aliphatic carbocycles. The van der Waals surface area contributed by atoms with Crippen molar-refractivity contribution >= 4 is 23.1 Å². The molecule has 3 nitrogen and oxygen atoms in total. The SMILES string of the molecule is CCCn1nccc1C(NC)c1cc2c(s1)CCSC2. The van der Waals surface area contributed by atoms with E-state index in [1.807, 2.05) is 36.3 Å². The van der Waals surface area contributed by atoms with Crippen LogP contribution in [0.5, 0.6) is 0 Å². The van der Waals surface area contributed by atoms with Gasteiger partial charge in [-0.25, -0.2) is 0 Å². The van der Waals surface area contributed by atoms with E-state index in [4.69, 9.17) is 0 Å². The van der Waals surface area contributed by atoms with Gasteiger partial charge in [-0.2, -0.15) is 16.9 Å². The van der Waals surface area contributed by atoms with Crippen molar-refractivity contribution in [2.24, 2.45) is 0 Å². The van der Waals surface area contributed by atoms with E-state index in [-0.39, 0.29) is 6.04 Å². The third-order valence-corrected chi connectivity index (χ3v) is 6.01. The summed E-state index contributed by atoms with van der Waals surface area (Å²) in [4.78, 5) is 3.01. The van der Waals surface area contributed by atoms with Crippen LogP contribution in [0.4, 0.5) is 0 Å². The van der Waals surface area contributed by atoms with Crippen molar-refractivity contribution in [2.75, 3.05) is 12.8 Å². The smallest absolute Gasteiger partial charge is 0.0839 e. The van der Waals surface area contributed by atoms with Gasteiger partial charge in [0.1, 0.15) is 0 Å². The minimum absolute atomic E-state index is 0.268. The number of rotatable bonds is 5. The summed E-state index contributed by atoms with van der Waals surface area (Å²) >= 11 is 4.02. The Morgan fingerprint density at radius 1 is 1.50 bits per heavy atom. The Balaban J connectivity index is 1.92. The number of aromatic nitrogens is 2. The van der Waals surface area contributed by atoms with Crippen molar-refractivity contribution < 1.29 is 0 Å². The number of nitrogens with one attached hydrogen (secondary N) is 1. The van der Waals surface area contributed by atoms with Gasteiger partial charge in [0.25, 0.3) is 0 Å². The highest BCUT2D eigenvalue weighted by molar-refractivity contribution is 7.98. The van der Waals surface area contributed by atoms with Crippen LogP contribution >= 0.6 is 23.1 Å². The second-order valence-electron chi connectivity index (χ2n) is 5.10. The van der Waals surface area contributed by atoms with Gasteiger partial charge in [0.15, 0.2) is 0 Å². The Kier molecular flexibility index (Phi) is 4.48. The fraction of sp³-hybridized carbons (Fsp3) is 0.533. The van der Waals surface area contributed by atoms with Crippen molar-refractivity contribution in [3.8, 4) is 0 Å². The average Bonchev–Trinajstić information content (AvgIpc) is 3.07. The second-order valence-corrected chi connectivity index (χ2v) is 7.37. The van der Waals surface area contributed by atoms with Gasteiger partial charge in [0.2, 0.25) is 0 Å². The monoisotopic (exact) mass is 307 g/mol. The lowest BCUT2D eigenvalue weighted by molar-refractivity contribution is 0.537. The van der Waals surface area contributed by atoms with Crippen molar-refractivity contribution in [3.05, 3.63) is 39.3 Å². The Morgan fingerprint density at radius 2 is 2.40 bits per heavy atom. The second kappa shape index (κ2) is 6.33. The highest BCUT2D eigenvalue weighted by Gasteiger charge is 2.22. The summed E-state index contributed by atoms with van der Waals surface area (Å²) in [7, 11) is 2.04. The largest absolute Gasteiger partial charge is 0.307 e. The van der Waals surface area contributed by atoms with E-state index in [0.29, 0.717) is 0 Å². The Bertz CT molecular complexity index is 550. The number of nitrogens with zero attached hydrogens (tertiary/aromatic N) is 2. The highest BCUT2D eigenvalue weighted by atomic mass is 32.2. The zero-order valence-electron chi connectivity index (χ0n) is 12.1. The summed E-state index contributed by atoms with van der Waals surface area (Å²) in [6.07, 6.45) is 4.26. The van der Waals surface area contributed by atoms with Crippen LogP contribution in [0.15, 0.2) is 18.3 Å². The van der Waals surface area contributed by atoms with E-state index in [9.17, 15) is 0 Å². The van der Waals surface area contributed by atoms with Crippen LogP contribution in [0.25, 0.3) is 0 Å². The quantitative estimate of drug-likeness (QED) is 0.917. The van der Waals surface area contributed by atoms with Crippen LogP contribution in [0.2, 0.25) is 0 Å². The van der Waals surface area contributed by atoms with Gasteiger partial charge in [0, 0.05) is 28.2 Å². The molecule has 3 heterocycles. The van der Waals surface area contributed by atoms with Gasteiger partial charge < -0.3 is 5.32 Å². The van der Waals surface area contributed by atoms with E-state index in [1.54, 1.807) is 10.4 Å². The first-order valence-corrected chi connectivity index (χ1v) is 9.18. The molecule has 2 aromatic rings. The van der Waals surface area contributed by atoms with Gasteiger partial charge in [-0.15, -0.1) is 11.3 Å². The molecule has 0 radical (unpaired) electrons. The number of hydrogen-bond donors (Lipinski definition) is 1. The predicted molar refractivity (Wildman–Crippen MR) is 87.6 cm³/mol. The maximum Gasteiger partial charge on any atom is 0.0839 e. The molecule has 0 bridgehead atoms. The zero-order chi connectivity index (χ0) is 13.9. The first-order valence-electron chi connectivity index (χ1n) is 7.21. The van der Waals surface area contributed by atoms with Gasteiger partial charge >= 0.3 is 0 Å². The number of aryl methyl sites for hydroxylation is 2. The van der Waals surface area contributed by atoms with Gasteiger partial charge in [-0.1, -0.05) is 6.92 Å². The minimum atomic E-state index is 0.268. The highest BCUT2D eigenvalue weighted by Crippen LogP contribution is 2.36. The van der Waals surface area contributed by atoms with Gasteiger partial charge in [0.05, 0.1) is 11.7 Å². The molecule has 20 heavy (non-hydrogen) atoms. The summed E-state index contributed by atoms with van der Waals surface area (Å²) in [5.41, 5.74) is 2.82. The summed E-state index contributed by atoms with van der Waals surface area (Å²) in [5.74, 6) is 2.45. The number of thioether (sulfide) groups is 1. The van der Waals surface area contributed by atoms with Gasteiger partial charge in [-0.3, -0.25) is 4.68 Å². The van der Waals surface area contributed by atoms with Crippen LogP contribution in [0, 0.1) is 0 Å². The summed E-state index contributed by atoms with van der Waals surface area (Å²) in [6.45, 7) is 3.18. The van der Waals surface area contributed by atoms with Crippen LogP contribution in [-0.2, 0) is 18.7 Å². The molecular formula is C15H21N3S2. The molecular weight excluding hydrogens is 286 g/mol. The minimum Gasteiger partial charge on any atom is -0.307 e. The number of thiophene rings is 1. The Hall–Kier alpha value is -0.780. The fourth-order valence-corrected chi connectivity index (χ4v) is 5.23. The molecule has 0 amide bonds. The third-order valence-electron chi connectivity index (χ3n) is 3.70. The zero-order valence-corrected chi connectivity index (χ0v) is 13.7. The number of fused-ring (bicyclic) bond motifs is 1. The maximum atomic E-state index is 4.46. The molecule has 5 heteroatoms. The molecule has 2 aromatic heterocycles. The molecule has 1 atom stereocenters. The summed E-state index contributed by atoms with van der Waals surface area (Å²) in [5, 5.41) is 7.93. The summed E-state index contributed by atoms with van der Waals surface area (Å²) in [6, 6.07) is 4.81. The van der Waals surface area contributed by atoms with Gasteiger partial charge in [-0.05, 0) is 43.3 Å². The van der Waals surface area contributed by atoms with Crippen LogP contribution in [0.3, 0.4) is 0 Å². The van der Waals surface area contributed by atoms with E-state index in [1.165, 1.54) is 28.5 Å². The topological polar surface area (TPSA) is 29.9 Å². The normalized spacial score (nSPS) is 16.1. The lowest BCUT2D eigenvalue weighted by atomic mass is 10.1. The van der Waals surface area contributed by atoms with Crippen molar-refractivity contribution in [1.82, 2.24) is 15.1 Å². The van der Waals surface area contributed by atoms with Crippen LogP contribution in [0.1, 0.15) is 40.4 Å². The lowest BCUT2D eigenvalue weighted by Crippen LogP contribution is -2.20. The third kappa shape index (κ3) is 2.67. The molecule has 108 valence electrons. The molecule has 1 aliphatic heterocycles. The standard InChI is InChI=1S/C15H21N3S2/c1-3-7-18-12(4-6-17-18)15(16-2)14-9-11-10-19-8-5-13(11)20-14/h4,6,9,15-16H,3,5,7-8,10H2,1-2H3. The maximum absolute atomic E-state index is 4.46. The van der Waals surface area contributed by atoms with Crippen molar-refractivity contribution in [1.29, 1.82) is 0 Å². The Morgan fingerprint density at radius 3 is 3.15 bits per heavy atom. The van der Waals surface area contributed by atoms with Crippen molar-refractivity contribution in [2.45, 2.75) is 38.1 Å². The van der Waals surface area contributed by atoms with E-state index in [0.717, 1.165) is 13.0 Å². The predicted octanol–water partition coefficient (Wildman–Crippen LogP) is 3.45. The molecule has 1 N–H and O–H groups in total. The molecule has 0 saturated heterocycles. The fourth-order valence-electron chi connectivity index (χ4n) is 2.74. The van der Waals surface area contributed by atoms with E-state index >= 15 is 0 Å². The van der Waals surface area contributed by atoms with E-state index in [2.05, 4.69) is 34.2 Å². The first-order chi connectivity index (χ1) is 9.83. The van der Waals surface area contributed by atoms with Crippen molar-refractivity contribution in [3.63, 3.8) is 0 Å². The molecule has 0 saturated carbocycles. The molecule has 0 fully saturated rings. The Labute approximate surface area is 128 Å². The average molecular weight is 307 g/mol.